The van der Waals surface area contributed by atoms with E-state index in [1.807, 2.05) is 38.1 Å². The minimum Gasteiger partial charge on any atom is -0.454 e. The number of esters is 1. The van der Waals surface area contributed by atoms with Crippen LogP contribution in [0.1, 0.15) is 34.5 Å². The Morgan fingerprint density at radius 1 is 1.16 bits per heavy atom. The Morgan fingerprint density at radius 3 is 2.72 bits per heavy atom. The second kappa shape index (κ2) is 7.25. The summed E-state index contributed by atoms with van der Waals surface area (Å²) in [5.41, 5.74) is 2.14. The van der Waals surface area contributed by atoms with E-state index in [1.165, 1.54) is 0 Å². The number of benzene rings is 2. The molecular weight excluding hydrogens is 322 g/mol. The molecule has 0 spiro atoms. The molecule has 1 atom stereocenters. The van der Waals surface area contributed by atoms with E-state index in [-0.39, 0.29) is 25.3 Å². The van der Waals surface area contributed by atoms with Crippen LogP contribution in [-0.4, -0.2) is 25.3 Å². The molecule has 25 heavy (non-hydrogen) atoms. The maximum absolute atomic E-state index is 12.0. The molecule has 0 fully saturated rings. The van der Waals surface area contributed by atoms with Crippen molar-refractivity contribution in [1.82, 2.24) is 5.32 Å². The fraction of sp³-hybridized carbons (Fsp3) is 0.263. The van der Waals surface area contributed by atoms with Gasteiger partial charge in [-0.15, -0.1) is 0 Å². The second-order valence-electron chi connectivity index (χ2n) is 5.79. The lowest BCUT2D eigenvalue weighted by molar-refractivity contribution is -0.124. The van der Waals surface area contributed by atoms with E-state index in [4.69, 9.17) is 14.2 Å². The summed E-state index contributed by atoms with van der Waals surface area (Å²) in [7, 11) is 0. The first-order valence-corrected chi connectivity index (χ1v) is 7.96. The summed E-state index contributed by atoms with van der Waals surface area (Å²) in [5, 5.41) is 2.80. The van der Waals surface area contributed by atoms with Crippen molar-refractivity contribution in [2.45, 2.75) is 19.9 Å². The number of carbonyl (C=O) groups excluding carboxylic acids is 2. The molecule has 3 rings (SSSR count). The van der Waals surface area contributed by atoms with E-state index in [0.29, 0.717) is 17.1 Å². The van der Waals surface area contributed by atoms with E-state index in [1.54, 1.807) is 18.2 Å². The second-order valence-corrected chi connectivity index (χ2v) is 5.79. The van der Waals surface area contributed by atoms with Crippen LogP contribution in [-0.2, 0) is 9.53 Å². The summed E-state index contributed by atoms with van der Waals surface area (Å²) in [5.74, 6) is 0.468. The lowest BCUT2D eigenvalue weighted by Crippen LogP contribution is -2.31. The molecule has 1 aliphatic heterocycles. The quantitative estimate of drug-likeness (QED) is 0.847. The van der Waals surface area contributed by atoms with Gasteiger partial charge in [-0.25, -0.2) is 4.79 Å². The van der Waals surface area contributed by atoms with Crippen molar-refractivity contribution in [1.29, 1.82) is 0 Å². The van der Waals surface area contributed by atoms with Gasteiger partial charge in [0, 0.05) is 0 Å². The normalized spacial score (nSPS) is 13.2. The van der Waals surface area contributed by atoms with Gasteiger partial charge in [-0.2, -0.15) is 0 Å². The Bertz CT molecular complexity index is 802. The van der Waals surface area contributed by atoms with Gasteiger partial charge in [0.25, 0.3) is 5.91 Å². The molecule has 1 amide bonds. The topological polar surface area (TPSA) is 73.9 Å². The highest BCUT2D eigenvalue weighted by Crippen LogP contribution is 2.34. The molecule has 1 heterocycles. The lowest BCUT2D eigenvalue weighted by atomic mass is 10.1. The molecule has 2 aromatic carbocycles. The van der Waals surface area contributed by atoms with Crippen LogP contribution in [0.5, 0.6) is 11.5 Å². The Hall–Kier alpha value is -3.02. The lowest BCUT2D eigenvalue weighted by Gasteiger charge is -2.15. The summed E-state index contributed by atoms with van der Waals surface area (Å²) in [6.07, 6.45) is 0. The smallest absolute Gasteiger partial charge is 0.338 e. The van der Waals surface area contributed by atoms with Crippen LogP contribution in [0.2, 0.25) is 0 Å². The van der Waals surface area contributed by atoms with Gasteiger partial charge in [0.15, 0.2) is 18.1 Å². The van der Waals surface area contributed by atoms with Gasteiger partial charge in [-0.05, 0) is 43.2 Å². The number of nitrogens with one attached hydrogen (secondary N) is 1. The van der Waals surface area contributed by atoms with E-state index >= 15 is 0 Å². The van der Waals surface area contributed by atoms with Crippen molar-refractivity contribution in [3.63, 3.8) is 0 Å². The minimum absolute atomic E-state index is 0.203. The van der Waals surface area contributed by atoms with Gasteiger partial charge in [0.1, 0.15) is 0 Å². The van der Waals surface area contributed by atoms with Crippen LogP contribution in [0.15, 0.2) is 42.5 Å². The predicted molar refractivity (Wildman–Crippen MR) is 90.6 cm³/mol. The number of ether oxygens (including phenoxy) is 3. The zero-order valence-electron chi connectivity index (χ0n) is 14.1. The third-order valence-electron chi connectivity index (χ3n) is 3.97. The largest absolute Gasteiger partial charge is 0.454 e. The van der Waals surface area contributed by atoms with Crippen LogP contribution in [0.25, 0.3) is 0 Å². The van der Waals surface area contributed by atoms with Crippen molar-refractivity contribution < 1.29 is 23.8 Å². The number of aryl methyl sites for hydroxylation is 1. The Kier molecular flexibility index (Phi) is 4.88. The van der Waals surface area contributed by atoms with Crippen LogP contribution >= 0.6 is 0 Å². The fourth-order valence-corrected chi connectivity index (χ4v) is 2.56. The molecule has 0 saturated heterocycles. The van der Waals surface area contributed by atoms with Crippen molar-refractivity contribution in [3.05, 3.63) is 59.2 Å². The predicted octanol–water partition coefficient (Wildman–Crippen LogP) is 2.76. The summed E-state index contributed by atoms with van der Waals surface area (Å²) in [6.45, 7) is 3.54. The summed E-state index contributed by atoms with van der Waals surface area (Å²) in [4.78, 5) is 24.1. The first-order chi connectivity index (χ1) is 12.0. The molecule has 2 aromatic rings. The number of rotatable bonds is 5. The number of amides is 1. The molecule has 1 N–H and O–H groups in total. The van der Waals surface area contributed by atoms with Crippen molar-refractivity contribution in [2.75, 3.05) is 13.4 Å². The molecule has 0 saturated carbocycles. The highest BCUT2D eigenvalue weighted by Gasteiger charge is 2.18. The Balaban J connectivity index is 1.54. The van der Waals surface area contributed by atoms with E-state index < -0.39 is 5.97 Å². The first kappa shape index (κ1) is 16.8. The highest BCUT2D eigenvalue weighted by molar-refractivity contribution is 5.92. The summed E-state index contributed by atoms with van der Waals surface area (Å²) >= 11 is 0. The van der Waals surface area contributed by atoms with Crippen molar-refractivity contribution in [3.8, 4) is 11.5 Å². The number of carbonyl (C=O) groups is 2. The van der Waals surface area contributed by atoms with Crippen LogP contribution in [0.3, 0.4) is 0 Å². The van der Waals surface area contributed by atoms with Gasteiger partial charge >= 0.3 is 5.97 Å². The zero-order chi connectivity index (χ0) is 17.8. The van der Waals surface area contributed by atoms with Crippen LogP contribution in [0.4, 0.5) is 0 Å². The minimum atomic E-state index is -0.510. The highest BCUT2D eigenvalue weighted by atomic mass is 16.7. The average molecular weight is 341 g/mol. The SMILES string of the molecule is Cc1ccccc1C(=O)OCC(=O)N[C@H](C)c1ccc2c(c1)OCO2. The maximum atomic E-state index is 12.0. The molecule has 1 aliphatic rings. The number of hydrogen-bond acceptors (Lipinski definition) is 5. The van der Waals surface area contributed by atoms with E-state index in [9.17, 15) is 9.59 Å². The van der Waals surface area contributed by atoms with Crippen molar-refractivity contribution in [2.24, 2.45) is 0 Å². The molecule has 0 unspecified atom stereocenters. The van der Waals surface area contributed by atoms with Gasteiger partial charge < -0.3 is 19.5 Å². The molecule has 0 aliphatic carbocycles. The van der Waals surface area contributed by atoms with Gasteiger partial charge in [-0.1, -0.05) is 24.3 Å². The zero-order valence-corrected chi connectivity index (χ0v) is 14.1. The van der Waals surface area contributed by atoms with E-state index in [0.717, 1.165) is 11.1 Å². The molecule has 6 heteroatoms. The van der Waals surface area contributed by atoms with Crippen LogP contribution < -0.4 is 14.8 Å². The summed E-state index contributed by atoms with van der Waals surface area (Å²) < 4.78 is 15.7. The third-order valence-corrected chi connectivity index (χ3v) is 3.97. The standard InChI is InChI=1S/C19H19NO5/c1-12-5-3-4-6-15(12)19(22)23-10-18(21)20-13(2)14-7-8-16-17(9-14)25-11-24-16/h3-9,13H,10-11H2,1-2H3,(H,20,21)/t13-/m1/s1. The molecule has 130 valence electrons. The Labute approximate surface area is 145 Å². The van der Waals surface area contributed by atoms with Gasteiger partial charge in [0.05, 0.1) is 11.6 Å². The third kappa shape index (κ3) is 3.91. The number of hydrogen-bond donors (Lipinski definition) is 1. The number of fused-ring (bicyclic) bond motifs is 1. The maximum Gasteiger partial charge on any atom is 0.338 e. The van der Waals surface area contributed by atoms with Crippen molar-refractivity contribution >= 4 is 11.9 Å². The summed E-state index contributed by atoms with van der Waals surface area (Å²) in [6, 6.07) is 12.3. The van der Waals surface area contributed by atoms with Gasteiger partial charge in [-0.3, -0.25) is 4.79 Å². The fourth-order valence-electron chi connectivity index (χ4n) is 2.56. The molecule has 0 aromatic heterocycles. The molecule has 6 nitrogen and oxygen atoms in total. The molecular formula is C19H19NO5. The van der Waals surface area contributed by atoms with E-state index in [2.05, 4.69) is 5.32 Å². The molecule has 0 bridgehead atoms. The van der Waals surface area contributed by atoms with Gasteiger partial charge in [0.2, 0.25) is 6.79 Å². The van der Waals surface area contributed by atoms with Crippen LogP contribution in [0, 0.1) is 6.92 Å². The average Bonchev–Trinajstić information content (AvgIpc) is 3.07. The Morgan fingerprint density at radius 2 is 1.92 bits per heavy atom. The molecule has 0 radical (unpaired) electrons. The monoisotopic (exact) mass is 341 g/mol. The first-order valence-electron chi connectivity index (χ1n) is 7.96.